The van der Waals surface area contributed by atoms with E-state index in [0.717, 1.165) is 17.9 Å². The van der Waals surface area contributed by atoms with E-state index in [4.69, 9.17) is 4.74 Å². The van der Waals surface area contributed by atoms with Gasteiger partial charge in [0.1, 0.15) is 5.75 Å². The van der Waals surface area contributed by atoms with Gasteiger partial charge in [-0.1, -0.05) is 6.92 Å². The molecule has 0 saturated heterocycles. The Morgan fingerprint density at radius 2 is 1.85 bits per heavy atom. The molecule has 0 aliphatic heterocycles. The Morgan fingerprint density at radius 3 is 2.40 bits per heavy atom. The quantitative estimate of drug-likeness (QED) is 0.726. The average Bonchev–Trinajstić information content (AvgIpc) is 2.36. The van der Waals surface area contributed by atoms with Crippen LogP contribution in [0.15, 0.2) is 24.3 Å². The van der Waals surface area contributed by atoms with E-state index in [1.807, 2.05) is 38.1 Å². The molecule has 0 spiro atoms. The van der Waals surface area contributed by atoms with E-state index in [2.05, 4.69) is 5.32 Å². The summed E-state index contributed by atoms with van der Waals surface area (Å²) in [6, 6.07) is 7.50. The van der Waals surface area contributed by atoms with Gasteiger partial charge >= 0.3 is 6.18 Å². The zero-order valence-corrected chi connectivity index (χ0v) is 12.0. The smallest absolute Gasteiger partial charge is 0.389 e. The van der Waals surface area contributed by atoms with Crippen LogP contribution in [-0.4, -0.2) is 18.8 Å². The van der Waals surface area contributed by atoms with E-state index in [0.29, 0.717) is 13.0 Å². The topological polar surface area (TPSA) is 21.3 Å². The Kier molecular flexibility index (Phi) is 6.68. The van der Waals surface area contributed by atoms with E-state index < -0.39 is 12.6 Å². The van der Waals surface area contributed by atoms with Gasteiger partial charge in [0.15, 0.2) is 0 Å². The third-order valence-electron chi connectivity index (χ3n) is 2.84. The van der Waals surface area contributed by atoms with Crippen LogP contribution in [0.1, 0.15) is 39.5 Å². The molecule has 0 aliphatic carbocycles. The standard InChI is InChI=1S/C15H22F3NO/c1-3-11-20-14-8-6-13(7-9-14)19-12(2)5-4-10-15(16,17)18/h6-9,12,19H,3-5,10-11H2,1-2H3. The summed E-state index contributed by atoms with van der Waals surface area (Å²) >= 11 is 0. The molecule has 0 bridgehead atoms. The van der Waals surface area contributed by atoms with Gasteiger partial charge in [0.2, 0.25) is 0 Å². The largest absolute Gasteiger partial charge is 0.494 e. The highest BCUT2D eigenvalue weighted by Crippen LogP contribution is 2.23. The molecule has 2 nitrogen and oxygen atoms in total. The fourth-order valence-electron chi connectivity index (χ4n) is 1.83. The van der Waals surface area contributed by atoms with Gasteiger partial charge in [0, 0.05) is 18.2 Å². The molecule has 5 heteroatoms. The Hall–Kier alpha value is -1.39. The van der Waals surface area contributed by atoms with Crippen molar-refractivity contribution in [2.75, 3.05) is 11.9 Å². The Morgan fingerprint density at radius 1 is 1.20 bits per heavy atom. The van der Waals surface area contributed by atoms with E-state index in [1.165, 1.54) is 0 Å². The molecular weight excluding hydrogens is 267 g/mol. The molecule has 114 valence electrons. The molecule has 1 aromatic carbocycles. The Balaban J connectivity index is 2.32. The van der Waals surface area contributed by atoms with Crippen LogP contribution in [-0.2, 0) is 0 Å². The van der Waals surface area contributed by atoms with Crippen LogP contribution >= 0.6 is 0 Å². The molecule has 0 heterocycles. The van der Waals surface area contributed by atoms with Crippen LogP contribution in [0.25, 0.3) is 0 Å². The zero-order chi connectivity index (χ0) is 15.0. The number of hydrogen-bond acceptors (Lipinski definition) is 2. The molecule has 0 aliphatic rings. The van der Waals surface area contributed by atoms with Gasteiger partial charge in [-0.15, -0.1) is 0 Å². The maximum atomic E-state index is 12.0. The number of nitrogens with one attached hydrogen (secondary N) is 1. The highest BCUT2D eigenvalue weighted by atomic mass is 19.4. The van der Waals surface area contributed by atoms with Gasteiger partial charge in [-0.3, -0.25) is 0 Å². The molecule has 1 unspecified atom stereocenters. The number of halogens is 3. The van der Waals surface area contributed by atoms with Gasteiger partial charge in [-0.25, -0.2) is 0 Å². The fourth-order valence-corrected chi connectivity index (χ4v) is 1.83. The maximum Gasteiger partial charge on any atom is 0.389 e. The summed E-state index contributed by atoms with van der Waals surface area (Å²) in [6.45, 7) is 4.61. The minimum absolute atomic E-state index is 0.0137. The molecule has 20 heavy (non-hydrogen) atoms. The van der Waals surface area contributed by atoms with Crippen molar-refractivity contribution < 1.29 is 17.9 Å². The Bertz CT molecular complexity index is 376. The van der Waals surface area contributed by atoms with E-state index in [9.17, 15) is 13.2 Å². The second-order valence-electron chi connectivity index (χ2n) is 4.93. The molecule has 1 aromatic rings. The highest BCUT2D eigenvalue weighted by molar-refractivity contribution is 5.46. The third kappa shape index (κ3) is 7.26. The zero-order valence-electron chi connectivity index (χ0n) is 12.0. The van der Waals surface area contributed by atoms with Crippen LogP contribution in [0.4, 0.5) is 18.9 Å². The lowest BCUT2D eigenvalue weighted by Gasteiger charge is -2.16. The van der Waals surface area contributed by atoms with Crippen LogP contribution in [0, 0.1) is 0 Å². The molecule has 0 saturated carbocycles. The molecule has 1 rings (SSSR count). The summed E-state index contributed by atoms with van der Waals surface area (Å²) < 4.78 is 41.6. The summed E-state index contributed by atoms with van der Waals surface area (Å²) in [5.41, 5.74) is 0.897. The van der Waals surface area contributed by atoms with Gasteiger partial charge in [0.05, 0.1) is 6.61 Å². The van der Waals surface area contributed by atoms with Gasteiger partial charge in [-0.2, -0.15) is 13.2 Å². The summed E-state index contributed by atoms with van der Waals surface area (Å²) in [4.78, 5) is 0. The van der Waals surface area contributed by atoms with Gasteiger partial charge in [0.25, 0.3) is 0 Å². The van der Waals surface area contributed by atoms with Crippen molar-refractivity contribution in [3.63, 3.8) is 0 Å². The van der Waals surface area contributed by atoms with E-state index in [1.54, 1.807) is 0 Å². The second-order valence-corrected chi connectivity index (χ2v) is 4.93. The van der Waals surface area contributed by atoms with Crippen molar-refractivity contribution in [1.29, 1.82) is 0 Å². The molecular formula is C15H22F3NO. The number of anilines is 1. The van der Waals surface area contributed by atoms with Crippen molar-refractivity contribution in [3.8, 4) is 5.75 Å². The van der Waals surface area contributed by atoms with Gasteiger partial charge in [-0.05, 0) is 50.5 Å². The lowest BCUT2D eigenvalue weighted by Crippen LogP contribution is -2.16. The molecule has 1 atom stereocenters. The maximum absolute atomic E-state index is 12.0. The van der Waals surface area contributed by atoms with Crippen LogP contribution < -0.4 is 10.1 Å². The van der Waals surface area contributed by atoms with Gasteiger partial charge < -0.3 is 10.1 Å². The average molecular weight is 289 g/mol. The number of alkyl halides is 3. The molecule has 0 aromatic heterocycles. The predicted molar refractivity (Wildman–Crippen MR) is 75.2 cm³/mol. The number of ether oxygens (including phenoxy) is 1. The summed E-state index contributed by atoms with van der Waals surface area (Å²) in [5.74, 6) is 0.808. The van der Waals surface area contributed by atoms with Crippen LogP contribution in [0.3, 0.4) is 0 Å². The predicted octanol–water partition coefficient (Wildman–Crippen LogP) is 5.01. The number of hydrogen-bond donors (Lipinski definition) is 1. The van der Waals surface area contributed by atoms with Crippen LogP contribution in [0.5, 0.6) is 5.75 Å². The molecule has 0 radical (unpaired) electrons. The summed E-state index contributed by atoms with van der Waals surface area (Å²) in [6.07, 6.45) is -3.18. The number of rotatable bonds is 8. The minimum Gasteiger partial charge on any atom is -0.494 e. The summed E-state index contributed by atoms with van der Waals surface area (Å²) in [7, 11) is 0. The van der Waals surface area contributed by atoms with Crippen LogP contribution in [0.2, 0.25) is 0 Å². The third-order valence-corrected chi connectivity index (χ3v) is 2.84. The molecule has 0 fully saturated rings. The number of benzene rings is 1. The fraction of sp³-hybridized carbons (Fsp3) is 0.600. The second kappa shape index (κ2) is 8.02. The first kappa shape index (κ1) is 16.7. The first-order chi connectivity index (χ1) is 9.40. The molecule has 0 amide bonds. The minimum atomic E-state index is -4.06. The normalized spacial score (nSPS) is 13.1. The monoisotopic (exact) mass is 289 g/mol. The summed E-state index contributed by atoms with van der Waals surface area (Å²) in [5, 5.41) is 3.19. The highest BCUT2D eigenvalue weighted by Gasteiger charge is 2.26. The van der Waals surface area contributed by atoms with Crippen molar-refractivity contribution in [2.45, 2.75) is 51.7 Å². The SMILES string of the molecule is CCCOc1ccc(NC(C)CCCC(F)(F)F)cc1. The van der Waals surface area contributed by atoms with Crippen molar-refractivity contribution in [3.05, 3.63) is 24.3 Å². The lowest BCUT2D eigenvalue weighted by atomic mass is 10.1. The van der Waals surface area contributed by atoms with Crippen molar-refractivity contribution >= 4 is 5.69 Å². The Labute approximate surface area is 118 Å². The van der Waals surface area contributed by atoms with E-state index >= 15 is 0 Å². The first-order valence-electron chi connectivity index (χ1n) is 6.97. The lowest BCUT2D eigenvalue weighted by molar-refractivity contribution is -0.135. The molecule has 1 N–H and O–H groups in total. The van der Waals surface area contributed by atoms with Crippen molar-refractivity contribution in [2.24, 2.45) is 0 Å². The first-order valence-corrected chi connectivity index (χ1v) is 6.97. The van der Waals surface area contributed by atoms with Crippen molar-refractivity contribution in [1.82, 2.24) is 0 Å². The van der Waals surface area contributed by atoms with E-state index in [-0.39, 0.29) is 12.5 Å².